The molecule has 0 aromatic carbocycles. The predicted molar refractivity (Wildman–Crippen MR) is 73.2 cm³/mol. The molecule has 2 atom stereocenters. The molecular weight excluding hydrogens is 226 g/mol. The molecule has 1 aliphatic rings. The molecule has 0 radical (unpaired) electrons. The van der Waals surface area contributed by atoms with Gasteiger partial charge in [0.25, 0.3) is 0 Å². The molecule has 0 aromatic rings. The number of β-amino-alcohol motifs (C(OH)–C–C–N with tert-alkyl or cyclic N) is 1. The van der Waals surface area contributed by atoms with Crippen molar-refractivity contribution >= 4 is 0 Å². The second-order valence-corrected chi connectivity index (χ2v) is 5.95. The Hall–Kier alpha value is -0.630. The molecule has 0 bridgehead atoms. The summed E-state index contributed by atoms with van der Waals surface area (Å²) in [5.74, 6) is 0. The fraction of sp³-hybridized carbons (Fsp3) is 0.929. The maximum absolute atomic E-state index is 10.0. The van der Waals surface area contributed by atoms with Crippen LogP contribution in [0.3, 0.4) is 0 Å². The number of nitrogens with zero attached hydrogens (tertiary/aromatic N) is 3. The molecule has 0 unspecified atom stereocenters. The van der Waals surface area contributed by atoms with Crippen LogP contribution >= 0.6 is 0 Å². The third kappa shape index (κ3) is 4.24. The molecule has 0 aliphatic carbocycles. The highest BCUT2D eigenvalue weighted by Gasteiger charge is 2.33. The Morgan fingerprint density at radius 3 is 2.11 bits per heavy atom. The Morgan fingerprint density at radius 1 is 1.17 bits per heavy atom. The third-order valence-corrected chi connectivity index (χ3v) is 3.73. The zero-order chi connectivity index (χ0) is 13.8. The van der Waals surface area contributed by atoms with Gasteiger partial charge in [-0.15, -0.1) is 0 Å². The second kappa shape index (κ2) is 6.51. The number of piperazine rings is 1. The van der Waals surface area contributed by atoms with E-state index >= 15 is 0 Å². The van der Waals surface area contributed by atoms with Crippen molar-refractivity contribution < 1.29 is 5.11 Å². The fourth-order valence-electron chi connectivity index (χ4n) is 2.82. The maximum atomic E-state index is 10.0. The van der Waals surface area contributed by atoms with E-state index in [1.54, 1.807) is 0 Å². The van der Waals surface area contributed by atoms with Gasteiger partial charge in [0.15, 0.2) is 0 Å². The Labute approximate surface area is 111 Å². The third-order valence-electron chi connectivity index (χ3n) is 3.73. The average Bonchev–Trinajstić information content (AvgIpc) is 2.28. The van der Waals surface area contributed by atoms with E-state index in [0.29, 0.717) is 25.2 Å². The van der Waals surface area contributed by atoms with Gasteiger partial charge >= 0.3 is 0 Å². The summed E-state index contributed by atoms with van der Waals surface area (Å²) in [5.41, 5.74) is -0.650. The quantitative estimate of drug-likeness (QED) is 0.754. The number of nitriles is 1. The summed E-state index contributed by atoms with van der Waals surface area (Å²) in [6.07, 6.45) is 2.12. The highest BCUT2D eigenvalue weighted by atomic mass is 16.3. The topological polar surface area (TPSA) is 50.5 Å². The lowest BCUT2D eigenvalue weighted by Gasteiger charge is -2.47. The van der Waals surface area contributed by atoms with E-state index in [4.69, 9.17) is 5.26 Å². The zero-order valence-electron chi connectivity index (χ0n) is 12.2. The van der Waals surface area contributed by atoms with Gasteiger partial charge in [0.2, 0.25) is 0 Å². The number of hydrogen-bond acceptors (Lipinski definition) is 4. The largest absolute Gasteiger partial charge is 0.389 e. The summed E-state index contributed by atoms with van der Waals surface area (Å²) in [4.78, 5) is 4.68. The molecule has 1 heterocycles. The van der Waals surface area contributed by atoms with Crippen LogP contribution in [-0.2, 0) is 0 Å². The molecule has 1 N–H and O–H groups in total. The minimum Gasteiger partial charge on any atom is -0.389 e. The number of rotatable bonds is 5. The zero-order valence-corrected chi connectivity index (χ0v) is 12.2. The van der Waals surface area contributed by atoms with Crippen LogP contribution in [0.5, 0.6) is 0 Å². The summed E-state index contributed by atoms with van der Waals surface area (Å²) in [5, 5.41) is 18.9. The minimum atomic E-state index is -0.650. The van der Waals surface area contributed by atoms with Gasteiger partial charge in [0.1, 0.15) is 0 Å². The van der Waals surface area contributed by atoms with Crippen molar-refractivity contribution in [2.45, 2.75) is 58.2 Å². The first-order valence-corrected chi connectivity index (χ1v) is 6.98. The number of aliphatic hydroxyl groups is 1. The molecule has 1 saturated heterocycles. The predicted octanol–water partition coefficient (Wildman–Crippen LogP) is 1.46. The standard InChI is InChI=1S/C14H27N3O/c1-5-12-10-17(11-14(3,4)18)13(6-2)9-16(12)8-7-15/h12-13,18H,5-6,8-11H2,1-4H3/t12-,13-/m1/s1. The summed E-state index contributed by atoms with van der Waals surface area (Å²) in [6.45, 7) is 11.2. The fourth-order valence-corrected chi connectivity index (χ4v) is 2.82. The van der Waals surface area contributed by atoms with Gasteiger partial charge in [-0.25, -0.2) is 0 Å². The van der Waals surface area contributed by atoms with Crippen LogP contribution in [0.4, 0.5) is 0 Å². The van der Waals surface area contributed by atoms with Crippen molar-refractivity contribution in [2.75, 3.05) is 26.2 Å². The van der Waals surface area contributed by atoms with Gasteiger partial charge in [0, 0.05) is 31.7 Å². The van der Waals surface area contributed by atoms with Gasteiger partial charge in [-0.3, -0.25) is 9.80 Å². The second-order valence-electron chi connectivity index (χ2n) is 5.95. The average molecular weight is 253 g/mol. The molecule has 18 heavy (non-hydrogen) atoms. The summed E-state index contributed by atoms with van der Waals surface area (Å²) in [7, 11) is 0. The van der Waals surface area contributed by atoms with Crippen LogP contribution in [0.2, 0.25) is 0 Å². The van der Waals surface area contributed by atoms with Crippen molar-refractivity contribution in [3.8, 4) is 6.07 Å². The molecule has 104 valence electrons. The lowest BCUT2D eigenvalue weighted by molar-refractivity contribution is -0.0263. The van der Waals surface area contributed by atoms with Crippen molar-refractivity contribution in [3.63, 3.8) is 0 Å². The first-order chi connectivity index (χ1) is 8.41. The highest BCUT2D eigenvalue weighted by Crippen LogP contribution is 2.21. The molecule has 1 aliphatic heterocycles. The van der Waals surface area contributed by atoms with E-state index in [1.165, 1.54) is 0 Å². The van der Waals surface area contributed by atoms with E-state index in [1.807, 2.05) is 13.8 Å². The molecule has 4 nitrogen and oxygen atoms in total. The van der Waals surface area contributed by atoms with Crippen LogP contribution in [0.1, 0.15) is 40.5 Å². The van der Waals surface area contributed by atoms with Crippen LogP contribution in [-0.4, -0.2) is 58.8 Å². The van der Waals surface area contributed by atoms with Gasteiger partial charge < -0.3 is 5.11 Å². The minimum absolute atomic E-state index is 0.440. The lowest BCUT2D eigenvalue weighted by Crippen LogP contribution is -2.60. The van der Waals surface area contributed by atoms with E-state index in [-0.39, 0.29) is 0 Å². The normalized spacial score (nSPS) is 27.1. The van der Waals surface area contributed by atoms with Gasteiger partial charge in [-0.2, -0.15) is 5.26 Å². The SMILES string of the molecule is CC[C@@H]1CN(CC(C)(C)O)[C@H](CC)CN1CC#N. The molecule has 4 heteroatoms. The van der Waals surface area contributed by atoms with E-state index in [9.17, 15) is 5.11 Å². The first kappa shape index (κ1) is 15.4. The molecular formula is C14H27N3O. The highest BCUT2D eigenvalue weighted by molar-refractivity contribution is 4.93. The van der Waals surface area contributed by atoms with Crippen LogP contribution in [0, 0.1) is 11.3 Å². The molecule has 0 aromatic heterocycles. The Morgan fingerprint density at radius 2 is 1.67 bits per heavy atom. The van der Waals surface area contributed by atoms with Crippen LogP contribution < -0.4 is 0 Å². The van der Waals surface area contributed by atoms with Crippen LogP contribution in [0.25, 0.3) is 0 Å². The molecule has 0 spiro atoms. The van der Waals surface area contributed by atoms with Crippen LogP contribution in [0.15, 0.2) is 0 Å². The Balaban J connectivity index is 2.72. The van der Waals surface area contributed by atoms with Gasteiger partial charge in [-0.1, -0.05) is 13.8 Å². The number of hydrogen-bond donors (Lipinski definition) is 1. The molecule has 0 amide bonds. The lowest BCUT2D eigenvalue weighted by atomic mass is 9.99. The van der Waals surface area contributed by atoms with Crippen molar-refractivity contribution in [2.24, 2.45) is 0 Å². The smallest absolute Gasteiger partial charge is 0.0869 e. The Kier molecular flexibility index (Phi) is 5.58. The molecule has 1 rings (SSSR count). The van der Waals surface area contributed by atoms with E-state index < -0.39 is 5.60 Å². The van der Waals surface area contributed by atoms with Crippen molar-refractivity contribution in [3.05, 3.63) is 0 Å². The first-order valence-electron chi connectivity index (χ1n) is 6.98. The van der Waals surface area contributed by atoms with E-state index in [2.05, 4.69) is 29.7 Å². The summed E-state index contributed by atoms with van der Waals surface area (Å²) >= 11 is 0. The van der Waals surface area contributed by atoms with Gasteiger partial charge in [-0.05, 0) is 26.7 Å². The monoisotopic (exact) mass is 253 g/mol. The maximum Gasteiger partial charge on any atom is 0.0869 e. The van der Waals surface area contributed by atoms with Gasteiger partial charge in [0.05, 0.1) is 18.2 Å². The Bertz CT molecular complexity index is 292. The summed E-state index contributed by atoms with van der Waals surface area (Å²) in [6, 6.07) is 3.16. The van der Waals surface area contributed by atoms with Crippen molar-refractivity contribution in [1.82, 2.24) is 9.80 Å². The molecule has 0 saturated carbocycles. The van der Waals surface area contributed by atoms with Crippen molar-refractivity contribution in [1.29, 1.82) is 5.26 Å². The summed E-state index contributed by atoms with van der Waals surface area (Å²) < 4.78 is 0. The van der Waals surface area contributed by atoms with E-state index in [0.717, 1.165) is 25.9 Å². The molecule has 1 fully saturated rings.